The molecule has 1 N–H and O–H groups in total. The van der Waals surface area contributed by atoms with Crippen molar-refractivity contribution in [2.24, 2.45) is 0 Å². The highest BCUT2D eigenvalue weighted by Crippen LogP contribution is 2.22. The summed E-state index contributed by atoms with van der Waals surface area (Å²) in [5.41, 5.74) is 2.88. The Morgan fingerprint density at radius 3 is 2.66 bits per heavy atom. The highest BCUT2D eigenvalue weighted by atomic mass is 32.2. The smallest absolute Gasteiger partial charge is 0.248 e. The van der Waals surface area contributed by atoms with Crippen LogP contribution < -0.4 is 10.1 Å². The van der Waals surface area contributed by atoms with Gasteiger partial charge in [-0.3, -0.25) is 4.79 Å². The van der Waals surface area contributed by atoms with Crippen molar-refractivity contribution >= 4 is 39.0 Å². The van der Waals surface area contributed by atoms with Crippen molar-refractivity contribution in [3.63, 3.8) is 0 Å². The first-order valence-electron chi connectivity index (χ1n) is 9.81. The molecular weight excluding hydrogens is 446 g/mol. The molecule has 3 aromatic rings. The second-order valence-corrected chi connectivity index (χ2v) is 10.5. The number of benzene rings is 2. The molecule has 0 aliphatic heterocycles. The molecule has 0 atom stereocenters. The predicted octanol–water partition coefficient (Wildman–Crippen LogP) is 4.24. The number of carbonyl (C=O) groups is 1. The number of ether oxygens (including phenoxy) is 1. The Morgan fingerprint density at radius 2 is 1.97 bits per heavy atom. The lowest BCUT2D eigenvalue weighted by Gasteiger charge is -2.14. The maximum absolute atomic E-state index is 12.4. The first kappa shape index (κ1) is 23.6. The van der Waals surface area contributed by atoms with E-state index < -0.39 is 10.0 Å². The third-order valence-corrected chi connectivity index (χ3v) is 7.22. The highest BCUT2D eigenvalue weighted by Gasteiger charge is 2.18. The van der Waals surface area contributed by atoms with Gasteiger partial charge in [0.05, 0.1) is 15.6 Å². The molecule has 0 aliphatic carbocycles. The van der Waals surface area contributed by atoms with Gasteiger partial charge in [-0.1, -0.05) is 18.2 Å². The summed E-state index contributed by atoms with van der Waals surface area (Å²) >= 11 is 1.58. The second kappa shape index (κ2) is 10.1. The maximum Gasteiger partial charge on any atom is 0.248 e. The molecule has 1 heterocycles. The summed E-state index contributed by atoms with van der Waals surface area (Å²) in [7, 11) is -0.662. The van der Waals surface area contributed by atoms with Crippen LogP contribution in [-0.2, 0) is 21.4 Å². The fourth-order valence-corrected chi connectivity index (χ4v) is 4.32. The molecule has 0 saturated heterocycles. The number of nitrogens with one attached hydrogen (secondary N) is 1. The zero-order chi connectivity index (χ0) is 23.3. The summed E-state index contributed by atoms with van der Waals surface area (Å²) in [6, 6.07) is 12.0. The summed E-state index contributed by atoms with van der Waals surface area (Å²) in [4.78, 5) is 16.9. The van der Waals surface area contributed by atoms with Crippen molar-refractivity contribution in [2.75, 3.05) is 19.4 Å². The largest absolute Gasteiger partial charge is 0.487 e. The Kier molecular flexibility index (Phi) is 7.44. The maximum atomic E-state index is 12.4. The second-order valence-electron chi connectivity index (χ2n) is 7.31. The van der Waals surface area contributed by atoms with Crippen LogP contribution in [0.15, 0.2) is 58.8 Å². The van der Waals surface area contributed by atoms with Crippen LogP contribution in [0.4, 0.5) is 5.69 Å². The van der Waals surface area contributed by atoms with E-state index in [-0.39, 0.29) is 10.8 Å². The number of sulfonamides is 1. The number of anilines is 1. The molecule has 0 spiro atoms. The van der Waals surface area contributed by atoms with Gasteiger partial charge in [-0.15, -0.1) is 11.3 Å². The van der Waals surface area contributed by atoms with Gasteiger partial charge in [-0.2, -0.15) is 0 Å². The first-order chi connectivity index (χ1) is 15.1. The third kappa shape index (κ3) is 6.03. The fourth-order valence-electron chi connectivity index (χ4n) is 2.79. The van der Waals surface area contributed by atoms with Crippen LogP contribution in [0, 0.1) is 13.8 Å². The van der Waals surface area contributed by atoms with E-state index >= 15 is 0 Å². The van der Waals surface area contributed by atoms with Gasteiger partial charge >= 0.3 is 0 Å². The zero-order valence-corrected chi connectivity index (χ0v) is 20.0. The first-order valence-corrected chi connectivity index (χ1v) is 12.1. The lowest BCUT2D eigenvalue weighted by molar-refractivity contribution is -0.111. The molecule has 1 aromatic heterocycles. The molecule has 9 heteroatoms. The number of hydrogen-bond acceptors (Lipinski definition) is 6. The Bertz CT molecular complexity index is 1250. The lowest BCUT2D eigenvalue weighted by atomic mass is 10.2. The summed E-state index contributed by atoms with van der Waals surface area (Å²) in [6.07, 6.45) is 3.07. The van der Waals surface area contributed by atoms with Crippen molar-refractivity contribution in [3.8, 4) is 5.75 Å². The number of carbonyl (C=O) groups excluding carboxylic acids is 1. The molecule has 0 saturated carbocycles. The van der Waals surface area contributed by atoms with Gasteiger partial charge in [0.1, 0.15) is 12.4 Å². The number of aryl methyl sites for hydroxylation is 2. The molecule has 0 unspecified atom stereocenters. The van der Waals surface area contributed by atoms with Crippen molar-refractivity contribution in [1.29, 1.82) is 0 Å². The number of hydrogen-bond donors (Lipinski definition) is 1. The van der Waals surface area contributed by atoms with Crippen LogP contribution in [0.25, 0.3) is 6.08 Å². The molecule has 7 nitrogen and oxygen atoms in total. The monoisotopic (exact) mass is 471 g/mol. The van der Waals surface area contributed by atoms with E-state index in [1.54, 1.807) is 30.4 Å². The number of amides is 1. The molecule has 0 bridgehead atoms. The van der Waals surface area contributed by atoms with Crippen molar-refractivity contribution < 1.29 is 17.9 Å². The van der Waals surface area contributed by atoms with Crippen molar-refractivity contribution in [2.45, 2.75) is 25.3 Å². The van der Waals surface area contributed by atoms with Crippen LogP contribution in [0.2, 0.25) is 0 Å². The topological polar surface area (TPSA) is 88.6 Å². The van der Waals surface area contributed by atoms with E-state index in [1.807, 2.05) is 36.6 Å². The number of aromatic nitrogens is 1. The summed E-state index contributed by atoms with van der Waals surface area (Å²) in [5.74, 6) is 0.312. The van der Waals surface area contributed by atoms with Crippen LogP contribution in [0.1, 0.15) is 21.8 Å². The van der Waals surface area contributed by atoms with Crippen molar-refractivity contribution in [3.05, 3.63) is 75.7 Å². The predicted molar refractivity (Wildman–Crippen MR) is 127 cm³/mol. The number of rotatable bonds is 8. The van der Waals surface area contributed by atoms with Crippen LogP contribution >= 0.6 is 11.3 Å². The van der Waals surface area contributed by atoms with E-state index in [1.165, 1.54) is 32.3 Å². The average Bonchev–Trinajstić information content (AvgIpc) is 3.17. The van der Waals surface area contributed by atoms with Crippen LogP contribution in [0.3, 0.4) is 0 Å². The molecule has 0 fully saturated rings. The minimum Gasteiger partial charge on any atom is -0.487 e. The van der Waals surface area contributed by atoms with Gasteiger partial charge < -0.3 is 10.1 Å². The van der Waals surface area contributed by atoms with Gasteiger partial charge in [-0.05, 0) is 55.3 Å². The quantitative estimate of drug-likeness (QED) is 0.497. The van der Waals surface area contributed by atoms with Crippen LogP contribution in [-0.4, -0.2) is 37.7 Å². The third-order valence-electron chi connectivity index (χ3n) is 4.58. The summed E-state index contributed by atoms with van der Waals surface area (Å²) in [5, 5.41) is 5.70. The molecular formula is C23H25N3O4S2. The molecule has 0 radical (unpaired) electrons. The highest BCUT2D eigenvalue weighted by molar-refractivity contribution is 7.89. The SMILES string of the molecule is Cc1nc(COc2cccc(/C=C/C(=O)Nc3cc(S(=O)(=O)N(C)C)ccc3C)c2)cs1. The molecule has 3 rings (SSSR count). The minimum atomic E-state index is -3.59. The Hall–Kier alpha value is -3.01. The van der Waals surface area contributed by atoms with E-state index in [0.717, 1.165) is 26.1 Å². The zero-order valence-electron chi connectivity index (χ0n) is 18.3. The van der Waals surface area contributed by atoms with Crippen LogP contribution in [0.5, 0.6) is 5.75 Å². The molecule has 32 heavy (non-hydrogen) atoms. The minimum absolute atomic E-state index is 0.118. The number of thiazole rings is 1. The van der Waals surface area contributed by atoms with E-state index in [4.69, 9.17) is 4.74 Å². The molecule has 1 amide bonds. The molecule has 0 aliphatic rings. The Balaban J connectivity index is 1.67. The summed E-state index contributed by atoms with van der Waals surface area (Å²) < 4.78 is 31.6. The fraction of sp³-hybridized carbons (Fsp3) is 0.217. The summed E-state index contributed by atoms with van der Waals surface area (Å²) in [6.45, 7) is 4.13. The van der Waals surface area contributed by atoms with Gasteiger partial charge in [0, 0.05) is 31.2 Å². The lowest BCUT2D eigenvalue weighted by Crippen LogP contribution is -2.22. The van der Waals surface area contributed by atoms with E-state index in [9.17, 15) is 13.2 Å². The average molecular weight is 472 g/mol. The van der Waals surface area contributed by atoms with E-state index in [0.29, 0.717) is 18.0 Å². The van der Waals surface area contributed by atoms with Gasteiger partial charge in [0.2, 0.25) is 15.9 Å². The molecule has 168 valence electrons. The number of nitrogens with zero attached hydrogens (tertiary/aromatic N) is 2. The Morgan fingerprint density at radius 1 is 1.19 bits per heavy atom. The van der Waals surface area contributed by atoms with Gasteiger partial charge in [-0.25, -0.2) is 17.7 Å². The van der Waals surface area contributed by atoms with Crippen molar-refractivity contribution in [1.82, 2.24) is 9.29 Å². The molecule has 2 aromatic carbocycles. The van der Waals surface area contributed by atoms with Gasteiger partial charge in [0.25, 0.3) is 0 Å². The standard InChI is InChI=1S/C23H25N3O4S2/c1-16-8-10-21(32(28,29)26(3)4)13-22(16)25-23(27)11-9-18-6-5-7-20(12-18)30-14-19-15-31-17(2)24-19/h5-13,15H,14H2,1-4H3,(H,25,27)/b11-9+. The normalized spacial score (nSPS) is 11.8. The van der Waals surface area contributed by atoms with E-state index in [2.05, 4.69) is 10.3 Å². The van der Waals surface area contributed by atoms with Gasteiger partial charge in [0.15, 0.2) is 0 Å². The Labute approximate surface area is 192 Å².